The van der Waals surface area contributed by atoms with Crippen molar-refractivity contribution in [1.29, 1.82) is 0 Å². The van der Waals surface area contributed by atoms with Gasteiger partial charge < -0.3 is 20.1 Å². The molecule has 0 saturated heterocycles. The molecule has 0 bridgehead atoms. The van der Waals surface area contributed by atoms with Crippen LogP contribution in [0.1, 0.15) is 17.5 Å². The summed E-state index contributed by atoms with van der Waals surface area (Å²) in [5.41, 5.74) is 2.06. The molecule has 0 aliphatic heterocycles. The summed E-state index contributed by atoms with van der Waals surface area (Å²) in [5, 5.41) is 7.60. The van der Waals surface area contributed by atoms with Crippen LogP contribution in [-0.2, 0) is 13.2 Å². The van der Waals surface area contributed by atoms with E-state index in [1.165, 1.54) is 0 Å². The van der Waals surface area contributed by atoms with E-state index in [-0.39, 0.29) is 24.8 Å². The number of rotatable bonds is 10. The maximum atomic E-state index is 6.05. The van der Waals surface area contributed by atoms with E-state index in [2.05, 4.69) is 26.6 Å². The molecular formula is C19H25BrCl4N2O2. The molecule has 0 saturated carbocycles. The summed E-state index contributed by atoms with van der Waals surface area (Å²) in [6.45, 7) is 3.09. The van der Waals surface area contributed by atoms with Gasteiger partial charge >= 0.3 is 0 Å². The molecule has 0 fully saturated rings. The molecule has 0 heterocycles. The van der Waals surface area contributed by atoms with Gasteiger partial charge in [0.05, 0.1) is 21.6 Å². The first-order valence-corrected chi connectivity index (χ1v) is 9.88. The van der Waals surface area contributed by atoms with Crippen molar-refractivity contribution in [2.45, 2.75) is 19.6 Å². The first-order valence-electron chi connectivity index (χ1n) is 8.33. The lowest BCUT2D eigenvalue weighted by molar-refractivity contribution is 0.282. The van der Waals surface area contributed by atoms with Gasteiger partial charge in [-0.3, -0.25) is 0 Å². The molecule has 0 radical (unpaired) electrons. The van der Waals surface area contributed by atoms with Crippen molar-refractivity contribution in [1.82, 2.24) is 10.6 Å². The van der Waals surface area contributed by atoms with Crippen molar-refractivity contribution in [2.75, 3.05) is 27.2 Å². The Bertz CT molecular complexity index is 735. The zero-order valence-corrected chi connectivity index (χ0v) is 20.4. The lowest BCUT2D eigenvalue weighted by Crippen LogP contribution is -2.19. The Morgan fingerprint density at radius 1 is 1.00 bits per heavy atom. The number of ether oxygens (including phenoxy) is 2. The van der Waals surface area contributed by atoms with Crippen LogP contribution in [0, 0.1) is 0 Å². The summed E-state index contributed by atoms with van der Waals surface area (Å²) < 4.78 is 12.3. The number of nitrogens with one attached hydrogen (secondary N) is 2. The number of hydrogen-bond donors (Lipinski definition) is 2. The summed E-state index contributed by atoms with van der Waals surface area (Å²) in [5.74, 6) is 1.35. The van der Waals surface area contributed by atoms with Gasteiger partial charge in [-0.25, -0.2) is 0 Å². The fourth-order valence-corrected chi connectivity index (χ4v) is 3.35. The van der Waals surface area contributed by atoms with Gasteiger partial charge in [-0.1, -0.05) is 29.3 Å². The monoisotopic (exact) mass is 532 g/mol. The van der Waals surface area contributed by atoms with Crippen LogP contribution in [0.4, 0.5) is 0 Å². The largest absolute Gasteiger partial charge is 0.493 e. The van der Waals surface area contributed by atoms with Crippen molar-refractivity contribution < 1.29 is 9.47 Å². The zero-order valence-electron chi connectivity index (χ0n) is 15.7. The second-order valence-corrected chi connectivity index (χ2v) is 7.45. The quantitative estimate of drug-likeness (QED) is 0.373. The number of benzene rings is 2. The normalized spacial score (nSPS) is 10.0. The molecule has 0 aromatic heterocycles. The van der Waals surface area contributed by atoms with Crippen molar-refractivity contribution in [2.24, 2.45) is 0 Å². The third-order valence-electron chi connectivity index (χ3n) is 3.77. The molecule has 0 unspecified atom stereocenters. The average Bonchev–Trinajstić information content (AvgIpc) is 2.63. The molecular weight excluding hydrogens is 510 g/mol. The van der Waals surface area contributed by atoms with E-state index in [4.69, 9.17) is 32.7 Å². The lowest BCUT2D eigenvalue weighted by atomic mass is 10.2. The van der Waals surface area contributed by atoms with Gasteiger partial charge in [-0.15, -0.1) is 24.8 Å². The average molecular weight is 535 g/mol. The van der Waals surface area contributed by atoms with Gasteiger partial charge in [-0.2, -0.15) is 0 Å². The van der Waals surface area contributed by atoms with E-state index in [1.54, 1.807) is 19.2 Å². The summed E-state index contributed by atoms with van der Waals surface area (Å²) in [6.07, 6.45) is 1.08. The van der Waals surface area contributed by atoms with E-state index >= 15 is 0 Å². The Hall–Kier alpha value is -0.400. The second kappa shape index (κ2) is 14.6. The second-order valence-electron chi connectivity index (χ2n) is 5.78. The summed E-state index contributed by atoms with van der Waals surface area (Å²) in [6, 6.07) is 9.47. The fourth-order valence-electron chi connectivity index (χ4n) is 2.42. The van der Waals surface area contributed by atoms with E-state index in [0.29, 0.717) is 28.2 Å². The van der Waals surface area contributed by atoms with E-state index in [9.17, 15) is 0 Å². The molecule has 0 spiro atoms. The van der Waals surface area contributed by atoms with E-state index < -0.39 is 0 Å². The zero-order chi connectivity index (χ0) is 18.9. The molecule has 4 nitrogen and oxygen atoms in total. The molecule has 2 N–H and O–H groups in total. The molecule has 0 amide bonds. The van der Waals surface area contributed by atoms with Gasteiger partial charge in [0.25, 0.3) is 0 Å². The number of halogens is 5. The molecule has 0 atom stereocenters. The van der Waals surface area contributed by atoms with E-state index in [0.717, 1.165) is 41.7 Å². The van der Waals surface area contributed by atoms with Crippen molar-refractivity contribution in [3.63, 3.8) is 0 Å². The van der Waals surface area contributed by atoms with Crippen molar-refractivity contribution in [3.05, 3.63) is 56.0 Å². The molecule has 158 valence electrons. The minimum Gasteiger partial charge on any atom is -0.493 e. The SMILES string of the molecule is CNCCCNCc1cc(Br)c(OCc2ccc(Cl)c(Cl)c2)c(OC)c1.Cl.Cl. The Labute approximate surface area is 197 Å². The Balaban J connectivity index is 0.00000364. The maximum absolute atomic E-state index is 6.05. The predicted octanol–water partition coefficient (Wildman–Crippen LogP) is 5.89. The highest BCUT2D eigenvalue weighted by atomic mass is 79.9. The van der Waals surface area contributed by atoms with Crippen LogP contribution >= 0.6 is 63.9 Å². The number of methoxy groups -OCH3 is 1. The van der Waals surface area contributed by atoms with E-state index in [1.807, 2.05) is 25.2 Å². The molecule has 9 heteroatoms. The molecule has 28 heavy (non-hydrogen) atoms. The predicted molar refractivity (Wildman–Crippen MR) is 126 cm³/mol. The van der Waals surface area contributed by atoms with Crippen molar-refractivity contribution >= 4 is 63.9 Å². The van der Waals surface area contributed by atoms with Crippen LogP contribution in [0.5, 0.6) is 11.5 Å². The highest BCUT2D eigenvalue weighted by molar-refractivity contribution is 9.10. The molecule has 0 aliphatic rings. The standard InChI is InChI=1S/C19H23BrCl2N2O2.2ClH/c1-23-6-3-7-24-11-14-8-15(20)19(18(10-14)25-2)26-12-13-4-5-16(21)17(22)9-13;;/h4-5,8-10,23-24H,3,6-7,11-12H2,1-2H3;2*1H. The Morgan fingerprint density at radius 3 is 2.39 bits per heavy atom. The first-order chi connectivity index (χ1) is 12.5. The first kappa shape index (κ1) is 27.6. The molecule has 0 aliphatic carbocycles. The lowest BCUT2D eigenvalue weighted by Gasteiger charge is -2.15. The van der Waals surface area contributed by atoms with Gasteiger partial charge in [0, 0.05) is 6.54 Å². The van der Waals surface area contributed by atoms with Gasteiger partial charge in [0.1, 0.15) is 6.61 Å². The highest BCUT2D eigenvalue weighted by Crippen LogP contribution is 2.37. The van der Waals surface area contributed by atoms with Gasteiger partial charge in [0.15, 0.2) is 11.5 Å². The van der Waals surface area contributed by atoms with Crippen LogP contribution < -0.4 is 20.1 Å². The fraction of sp³-hybridized carbons (Fsp3) is 0.368. The molecule has 2 aromatic rings. The van der Waals surface area contributed by atoms with Crippen LogP contribution in [0.2, 0.25) is 10.0 Å². The van der Waals surface area contributed by atoms with Crippen molar-refractivity contribution in [3.8, 4) is 11.5 Å². The van der Waals surface area contributed by atoms with Crippen LogP contribution in [0.3, 0.4) is 0 Å². The maximum Gasteiger partial charge on any atom is 0.175 e. The smallest absolute Gasteiger partial charge is 0.175 e. The van der Waals surface area contributed by atoms with Gasteiger partial charge in [-0.05, 0) is 77.9 Å². The summed E-state index contributed by atoms with van der Waals surface area (Å²) >= 11 is 15.6. The summed E-state index contributed by atoms with van der Waals surface area (Å²) in [4.78, 5) is 0. The topological polar surface area (TPSA) is 42.5 Å². The van der Waals surface area contributed by atoms with Crippen LogP contribution in [-0.4, -0.2) is 27.2 Å². The number of hydrogen-bond acceptors (Lipinski definition) is 4. The Morgan fingerprint density at radius 2 is 1.75 bits per heavy atom. The van der Waals surface area contributed by atoms with Crippen LogP contribution in [0.15, 0.2) is 34.8 Å². The third-order valence-corrected chi connectivity index (χ3v) is 5.09. The molecule has 2 aromatic carbocycles. The third kappa shape index (κ3) is 8.54. The van der Waals surface area contributed by atoms with Crippen LogP contribution in [0.25, 0.3) is 0 Å². The van der Waals surface area contributed by atoms with Gasteiger partial charge in [0.2, 0.25) is 0 Å². The minimum atomic E-state index is 0. The Kier molecular flexibility index (Phi) is 14.4. The molecule has 2 rings (SSSR count). The summed E-state index contributed by atoms with van der Waals surface area (Å²) in [7, 11) is 3.59. The minimum absolute atomic E-state index is 0. The highest BCUT2D eigenvalue weighted by Gasteiger charge is 2.12.